The summed E-state index contributed by atoms with van der Waals surface area (Å²) >= 11 is 5.89. The van der Waals surface area contributed by atoms with Gasteiger partial charge in [-0.15, -0.1) is 0 Å². The average Bonchev–Trinajstić information content (AvgIpc) is 2.40. The lowest BCUT2D eigenvalue weighted by molar-refractivity contribution is 0.198. The SMILES string of the molecule is CCN1CCCC(NCc2ccc(O)c(Cl)c2)C1. The quantitative estimate of drug-likeness (QED) is 0.881. The number of nitrogens with zero attached hydrogens (tertiary/aromatic N) is 1. The maximum atomic E-state index is 9.37. The van der Waals surface area contributed by atoms with Gasteiger partial charge in [-0.1, -0.05) is 24.6 Å². The molecule has 1 fully saturated rings. The second kappa shape index (κ2) is 6.41. The standard InChI is InChI=1S/C14H21ClN2O/c1-2-17-7-3-4-12(10-17)16-9-11-5-6-14(18)13(15)8-11/h5-6,8,12,16,18H,2-4,7,9-10H2,1H3. The van der Waals surface area contributed by atoms with Crippen LogP contribution in [-0.4, -0.2) is 35.7 Å². The van der Waals surface area contributed by atoms with Crippen molar-refractivity contribution >= 4 is 11.6 Å². The van der Waals surface area contributed by atoms with Crippen molar-refractivity contribution in [2.45, 2.75) is 32.4 Å². The van der Waals surface area contributed by atoms with Crippen LogP contribution in [0.15, 0.2) is 18.2 Å². The molecule has 1 atom stereocenters. The maximum absolute atomic E-state index is 9.37. The largest absolute Gasteiger partial charge is 0.506 e. The number of phenolic OH excluding ortho intramolecular Hbond substituents is 1. The third-order valence-electron chi connectivity index (χ3n) is 3.56. The molecular weight excluding hydrogens is 248 g/mol. The number of phenols is 1. The van der Waals surface area contributed by atoms with Crippen LogP contribution in [0.3, 0.4) is 0 Å². The number of halogens is 1. The van der Waals surface area contributed by atoms with E-state index in [1.165, 1.54) is 19.4 Å². The van der Waals surface area contributed by atoms with Crippen LogP contribution >= 0.6 is 11.6 Å². The van der Waals surface area contributed by atoms with Crippen LogP contribution in [0.25, 0.3) is 0 Å². The van der Waals surface area contributed by atoms with Gasteiger partial charge in [0.25, 0.3) is 0 Å². The smallest absolute Gasteiger partial charge is 0.134 e. The Morgan fingerprint density at radius 1 is 1.50 bits per heavy atom. The molecule has 4 heteroatoms. The molecule has 3 nitrogen and oxygen atoms in total. The van der Waals surface area contributed by atoms with Crippen LogP contribution in [0, 0.1) is 0 Å². The van der Waals surface area contributed by atoms with Gasteiger partial charge >= 0.3 is 0 Å². The molecule has 18 heavy (non-hydrogen) atoms. The number of likely N-dealkylation sites (tertiary alicyclic amines) is 1. The highest BCUT2D eigenvalue weighted by molar-refractivity contribution is 6.32. The van der Waals surface area contributed by atoms with Gasteiger partial charge in [0.1, 0.15) is 5.75 Å². The summed E-state index contributed by atoms with van der Waals surface area (Å²) < 4.78 is 0. The van der Waals surface area contributed by atoms with Gasteiger partial charge in [-0.3, -0.25) is 0 Å². The van der Waals surface area contributed by atoms with Crippen LogP contribution in [0.2, 0.25) is 5.02 Å². The Morgan fingerprint density at radius 3 is 3.06 bits per heavy atom. The topological polar surface area (TPSA) is 35.5 Å². The zero-order valence-corrected chi connectivity index (χ0v) is 11.6. The monoisotopic (exact) mass is 268 g/mol. The molecule has 2 rings (SSSR count). The number of hydrogen-bond acceptors (Lipinski definition) is 3. The molecule has 1 heterocycles. The van der Waals surface area contributed by atoms with Crippen molar-refractivity contribution in [2.24, 2.45) is 0 Å². The highest BCUT2D eigenvalue weighted by Gasteiger charge is 2.17. The summed E-state index contributed by atoms with van der Waals surface area (Å²) in [6, 6.07) is 5.95. The summed E-state index contributed by atoms with van der Waals surface area (Å²) in [6.45, 7) is 6.50. The molecule has 0 spiro atoms. The minimum absolute atomic E-state index is 0.148. The fourth-order valence-corrected chi connectivity index (χ4v) is 2.64. The van der Waals surface area contributed by atoms with Gasteiger partial charge in [-0.25, -0.2) is 0 Å². The van der Waals surface area contributed by atoms with E-state index in [1.807, 2.05) is 12.1 Å². The minimum atomic E-state index is 0.148. The van der Waals surface area contributed by atoms with Crippen molar-refractivity contribution in [1.82, 2.24) is 10.2 Å². The molecule has 1 aromatic rings. The lowest BCUT2D eigenvalue weighted by Gasteiger charge is -2.32. The van der Waals surface area contributed by atoms with Crippen LogP contribution in [0.1, 0.15) is 25.3 Å². The van der Waals surface area contributed by atoms with E-state index in [1.54, 1.807) is 6.07 Å². The molecule has 1 aliphatic rings. The first kappa shape index (κ1) is 13.7. The summed E-state index contributed by atoms with van der Waals surface area (Å²) in [7, 11) is 0. The first-order valence-electron chi connectivity index (χ1n) is 6.62. The third kappa shape index (κ3) is 3.61. The zero-order chi connectivity index (χ0) is 13.0. The van der Waals surface area contributed by atoms with E-state index >= 15 is 0 Å². The Balaban J connectivity index is 1.85. The van der Waals surface area contributed by atoms with Gasteiger partial charge in [0.2, 0.25) is 0 Å². The normalized spacial score (nSPS) is 21.1. The van der Waals surface area contributed by atoms with Crippen LogP contribution in [0.5, 0.6) is 5.75 Å². The van der Waals surface area contributed by atoms with Crippen LogP contribution < -0.4 is 5.32 Å². The second-order valence-corrected chi connectivity index (χ2v) is 5.31. The molecule has 0 saturated carbocycles. The van der Waals surface area contributed by atoms with Gasteiger partial charge in [-0.2, -0.15) is 0 Å². The summed E-state index contributed by atoms with van der Waals surface area (Å²) in [6.07, 6.45) is 2.50. The van der Waals surface area contributed by atoms with Crippen molar-refractivity contribution in [3.8, 4) is 5.75 Å². The molecule has 2 N–H and O–H groups in total. The average molecular weight is 269 g/mol. The molecule has 0 radical (unpaired) electrons. The highest BCUT2D eigenvalue weighted by atomic mass is 35.5. The first-order chi connectivity index (χ1) is 8.69. The van der Waals surface area contributed by atoms with E-state index in [2.05, 4.69) is 17.1 Å². The van der Waals surface area contributed by atoms with Crippen LogP contribution in [-0.2, 0) is 6.54 Å². The predicted molar refractivity (Wildman–Crippen MR) is 75.1 cm³/mol. The summed E-state index contributed by atoms with van der Waals surface area (Å²) in [4.78, 5) is 2.48. The second-order valence-electron chi connectivity index (χ2n) is 4.90. The Morgan fingerprint density at radius 2 is 2.33 bits per heavy atom. The van der Waals surface area contributed by atoms with E-state index in [9.17, 15) is 5.11 Å². The molecule has 0 aliphatic carbocycles. The Kier molecular flexibility index (Phi) is 4.87. The minimum Gasteiger partial charge on any atom is -0.506 e. The Bertz CT molecular complexity index is 397. The van der Waals surface area contributed by atoms with Crippen molar-refractivity contribution < 1.29 is 5.11 Å². The van der Waals surface area contributed by atoms with E-state index < -0.39 is 0 Å². The number of aromatic hydroxyl groups is 1. The maximum Gasteiger partial charge on any atom is 0.134 e. The van der Waals surface area contributed by atoms with Crippen molar-refractivity contribution in [3.05, 3.63) is 28.8 Å². The Hall–Kier alpha value is -0.770. The van der Waals surface area contributed by atoms with Gasteiger partial charge in [0.05, 0.1) is 5.02 Å². The van der Waals surface area contributed by atoms with Crippen molar-refractivity contribution in [3.63, 3.8) is 0 Å². The summed E-state index contributed by atoms with van der Waals surface area (Å²) in [5.74, 6) is 0.148. The highest BCUT2D eigenvalue weighted by Crippen LogP contribution is 2.23. The zero-order valence-electron chi connectivity index (χ0n) is 10.8. The number of benzene rings is 1. The van der Waals surface area contributed by atoms with E-state index in [0.29, 0.717) is 11.1 Å². The molecule has 1 saturated heterocycles. The van der Waals surface area contributed by atoms with Gasteiger partial charge < -0.3 is 15.3 Å². The van der Waals surface area contributed by atoms with Gasteiger partial charge in [0, 0.05) is 19.1 Å². The lowest BCUT2D eigenvalue weighted by Crippen LogP contribution is -2.45. The number of piperidine rings is 1. The molecule has 1 aromatic carbocycles. The van der Waals surface area contributed by atoms with Gasteiger partial charge in [-0.05, 0) is 43.6 Å². The molecule has 0 bridgehead atoms. The van der Waals surface area contributed by atoms with E-state index in [-0.39, 0.29) is 5.75 Å². The molecule has 1 unspecified atom stereocenters. The number of likely N-dealkylation sites (N-methyl/N-ethyl adjacent to an activating group) is 1. The summed E-state index contributed by atoms with van der Waals surface area (Å²) in [5.41, 5.74) is 1.12. The number of rotatable bonds is 4. The Labute approximate surface area is 114 Å². The number of hydrogen-bond donors (Lipinski definition) is 2. The molecule has 1 aliphatic heterocycles. The number of nitrogens with one attached hydrogen (secondary N) is 1. The van der Waals surface area contributed by atoms with E-state index in [0.717, 1.165) is 25.2 Å². The molecular formula is C14H21ClN2O. The van der Waals surface area contributed by atoms with Crippen molar-refractivity contribution in [2.75, 3.05) is 19.6 Å². The molecule has 100 valence electrons. The van der Waals surface area contributed by atoms with Gasteiger partial charge in [0.15, 0.2) is 0 Å². The first-order valence-corrected chi connectivity index (χ1v) is 7.00. The molecule has 0 aromatic heterocycles. The van der Waals surface area contributed by atoms with E-state index in [4.69, 9.17) is 11.6 Å². The van der Waals surface area contributed by atoms with Crippen molar-refractivity contribution in [1.29, 1.82) is 0 Å². The fourth-order valence-electron chi connectivity index (χ4n) is 2.43. The third-order valence-corrected chi connectivity index (χ3v) is 3.86. The molecule has 0 amide bonds. The fraction of sp³-hybridized carbons (Fsp3) is 0.571. The lowest BCUT2D eigenvalue weighted by atomic mass is 10.1. The predicted octanol–water partition coefficient (Wildman–Crippen LogP) is 2.62. The van der Waals surface area contributed by atoms with Crippen LogP contribution in [0.4, 0.5) is 0 Å². The summed E-state index contributed by atoms with van der Waals surface area (Å²) in [5, 5.41) is 13.4.